The molecule has 0 atom stereocenters. The summed E-state index contributed by atoms with van der Waals surface area (Å²) >= 11 is 0. The van der Waals surface area contributed by atoms with Crippen LogP contribution in [-0.4, -0.2) is 25.1 Å². The van der Waals surface area contributed by atoms with E-state index in [4.69, 9.17) is 9.47 Å². The highest BCUT2D eigenvalue weighted by molar-refractivity contribution is 6.10. The number of carbonyl (C=O) groups excluding carboxylic acids is 1. The van der Waals surface area contributed by atoms with Crippen molar-refractivity contribution in [1.82, 2.24) is 0 Å². The molecule has 2 aromatic carbocycles. The van der Waals surface area contributed by atoms with Crippen LogP contribution in [0.4, 0.5) is 0 Å². The number of aromatic hydroxyl groups is 1. The molecule has 21 heavy (non-hydrogen) atoms. The van der Waals surface area contributed by atoms with Gasteiger partial charge in [-0.05, 0) is 36.3 Å². The fourth-order valence-electron chi connectivity index (χ4n) is 1.78. The Labute approximate surface area is 122 Å². The molecule has 106 valence electrons. The number of ketones is 1. The van der Waals surface area contributed by atoms with Crippen molar-refractivity contribution in [3.8, 4) is 29.1 Å². The summed E-state index contributed by atoms with van der Waals surface area (Å²) in [4.78, 5) is 11.9. The predicted octanol–water partition coefficient (Wildman–Crippen LogP) is 2.64. The maximum absolute atomic E-state index is 11.9. The number of benzene rings is 2. The molecule has 1 N–H and O–H groups in total. The van der Waals surface area contributed by atoms with Crippen LogP contribution in [0.15, 0.2) is 42.5 Å². The van der Waals surface area contributed by atoms with Crippen molar-refractivity contribution in [3.63, 3.8) is 0 Å². The minimum atomic E-state index is -0.442. The van der Waals surface area contributed by atoms with Crippen molar-refractivity contribution in [2.75, 3.05) is 14.2 Å². The Bertz CT molecular complexity index is 723. The summed E-state index contributed by atoms with van der Waals surface area (Å²) in [6, 6.07) is 11.4. The van der Waals surface area contributed by atoms with Crippen LogP contribution in [-0.2, 0) is 0 Å². The van der Waals surface area contributed by atoms with Crippen molar-refractivity contribution in [2.24, 2.45) is 0 Å². The molecule has 0 aliphatic carbocycles. The summed E-state index contributed by atoms with van der Waals surface area (Å²) in [7, 11) is 3.08. The van der Waals surface area contributed by atoms with Gasteiger partial charge in [0.15, 0.2) is 11.5 Å². The van der Waals surface area contributed by atoms with Crippen LogP contribution in [0.1, 0.15) is 15.9 Å². The number of phenolic OH excluding ortho intramolecular Hbond substituents is 1. The van der Waals surface area contributed by atoms with E-state index in [0.717, 1.165) is 0 Å². The summed E-state index contributed by atoms with van der Waals surface area (Å²) in [6.45, 7) is 0. The molecule has 4 heteroatoms. The van der Waals surface area contributed by atoms with Crippen LogP contribution in [0, 0.1) is 11.8 Å². The summed E-state index contributed by atoms with van der Waals surface area (Å²) in [5.41, 5.74) is 0.807. The van der Waals surface area contributed by atoms with Gasteiger partial charge in [-0.15, -0.1) is 0 Å². The molecule has 0 fully saturated rings. The maximum atomic E-state index is 11.9. The molecule has 0 spiro atoms. The molecule has 2 rings (SSSR count). The van der Waals surface area contributed by atoms with E-state index in [9.17, 15) is 9.90 Å². The first-order chi connectivity index (χ1) is 10.2. The largest absolute Gasteiger partial charge is 0.507 e. The van der Waals surface area contributed by atoms with E-state index >= 15 is 0 Å². The Hall–Kier alpha value is -2.93. The molecule has 0 unspecified atom stereocenters. The third kappa shape index (κ3) is 3.34. The lowest BCUT2D eigenvalue weighted by Gasteiger charge is -2.06. The van der Waals surface area contributed by atoms with Crippen LogP contribution in [0.5, 0.6) is 17.2 Å². The Kier molecular flexibility index (Phi) is 4.47. The second-order valence-corrected chi connectivity index (χ2v) is 4.17. The molecular formula is C17H14O4. The van der Waals surface area contributed by atoms with Crippen molar-refractivity contribution in [3.05, 3.63) is 53.6 Å². The minimum absolute atomic E-state index is 0.0795. The van der Waals surface area contributed by atoms with Gasteiger partial charge < -0.3 is 14.6 Å². The Balaban J connectivity index is 2.27. The summed E-state index contributed by atoms with van der Waals surface area (Å²) in [6.07, 6.45) is 0. The zero-order valence-corrected chi connectivity index (χ0v) is 11.7. The Morgan fingerprint density at radius 1 is 1.05 bits per heavy atom. The van der Waals surface area contributed by atoms with Gasteiger partial charge in [0.2, 0.25) is 5.78 Å². The van der Waals surface area contributed by atoms with Crippen LogP contribution in [0.2, 0.25) is 0 Å². The number of carbonyl (C=O) groups is 1. The summed E-state index contributed by atoms with van der Waals surface area (Å²) < 4.78 is 10.3. The molecular weight excluding hydrogens is 268 g/mol. The predicted molar refractivity (Wildman–Crippen MR) is 78.9 cm³/mol. The summed E-state index contributed by atoms with van der Waals surface area (Å²) in [5, 5.41) is 9.60. The van der Waals surface area contributed by atoms with Crippen LogP contribution >= 0.6 is 0 Å². The standard InChI is InChI=1S/C17H14O4/c1-20-16-10-8-12(11-17(16)21-2)7-9-15(19)13-5-3-4-6-14(13)18/h3-6,8,10-11,18H,1-2H3. The van der Waals surface area contributed by atoms with Crippen LogP contribution in [0.25, 0.3) is 0 Å². The molecule has 0 saturated carbocycles. The highest BCUT2D eigenvalue weighted by atomic mass is 16.5. The molecule has 0 saturated heterocycles. The minimum Gasteiger partial charge on any atom is -0.507 e. The van der Waals surface area contributed by atoms with E-state index in [-0.39, 0.29) is 11.3 Å². The van der Waals surface area contributed by atoms with E-state index in [0.29, 0.717) is 17.1 Å². The first-order valence-electron chi connectivity index (χ1n) is 6.22. The van der Waals surface area contributed by atoms with E-state index < -0.39 is 5.78 Å². The number of rotatable bonds is 3. The first kappa shape index (κ1) is 14.5. The molecule has 0 bridgehead atoms. The van der Waals surface area contributed by atoms with E-state index in [1.807, 2.05) is 0 Å². The smallest absolute Gasteiger partial charge is 0.239 e. The quantitative estimate of drug-likeness (QED) is 0.694. The van der Waals surface area contributed by atoms with Gasteiger partial charge in [-0.25, -0.2) is 0 Å². The lowest BCUT2D eigenvalue weighted by atomic mass is 10.1. The Morgan fingerprint density at radius 3 is 2.43 bits per heavy atom. The summed E-state index contributed by atoms with van der Waals surface area (Å²) in [5.74, 6) is 5.86. The number of hydrogen-bond acceptors (Lipinski definition) is 4. The number of Topliss-reactive ketones (excluding diaryl/α,β-unsaturated/α-hetero) is 1. The van der Waals surface area contributed by atoms with Gasteiger partial charge in [-0.3, -0.25) is 4.79 Å². The van der Waals surface area contributed by atoms with Crippen LogP contribution in [0.3, 0.4) is 0 Å². The molecule has 0 radical (unpaired) electrons. The Morgan fingerprint density at radius 2 is 1.76 bits per heavy atom. The molecule has 4 nitrogen and oxygen atoms in total. The lowest BCUT2D eigenvalue weighted by Crippen LogP contribution is -1.95. The normalized spacial score (nSPS) is 9.43. The van der Waals surface area contributed by atoms with Gasteiger partial charge in [0, 0.05) is 5.56 Å². The zero-order valence-electron chi connectivity index (χ0n) is 11.7. The molecule has 0 aliphatic heterocycles. The van der Waals surface area contributed by atoms with Gasteiger partial charge >= 0.3 is 0 Å². The van der Waals surface area contributed by atoms with E-state index in [2.05, 4.69) is 11.8 Å². The second-order valence-electron chi connectivity index (χ2n) is 4.17. The van der Waals surface area contributed by atoms with Gasteiger partial charge in [-0.1, -0.05) is 18.1 Å². The maximum Gasteiger partial charge on any atom is 0.239 e. The van der Waals surface area contributed by atoms with Crippen LogP contribution < -0.4 is 9.47 Å². The van der Waals surface area contributed by atoms with E-state index in [1.165, 1.54) is 19.2 Å². The molecule has 2 aromatic rings. The molecule has 0 heterocycles. The van der Waals surface area contributed by atoms with Crippen molar-refractivity contribution < 1.29 is 19.4 Å². The highest BCUT2D eigenvalue weighted by Gasteiger charge is 2.07. The number of methoxy groups -OCH3 is 2. The van der Waals surface area contributed by atoms with Crippen molar-refractivity contribution in [1.29, 1.82) is 0 Å². The fourth-order valence-corrected chi connectivity index (χ4v) is 1.78. The molecule has 0 aliphatic rings. The number of hydrogen-bond donors (Lipinski definition) is 1. The zero-order chi connectivity index (χ0) is 15.2. The third-order valence-corrected chi connectivity index (χ3v) is 2.85. The lowest BCUT2D eigenvalue weighted by molar-refractivity contribution is 0.105. The fraction of sp³-hybridized carbons (Fsp3) is 0.118. The van der Waals surface area contributed by atoms with Crippen molar-refractivity contribution >= 4 is 5.78 Å². The number of phenols is 1. The topological polar surface area (TPSA) is 55.8 Å². The average molecular weight is 282 g/mol. The highest BCUT2D eigenvalue weighted by Crippen LogP contribution is 2.27. The first-order valence-corrected chi connectivity index (χ1v) is 6.22. The molecule has 0 amide bonds. The molecule has 0 aromatic heterocycles. The SMILES string of the molecule is COc1ccc(C#CC(=O)c2ccccc2O)cc1OC. The third-order valence-electron chi connectivity index (χ3n) is 2.85. The monoisotopic (exact) mass is 282 g/mol. The van der Waals surface area contributed by atoms with Gasteiger partial charge in [0.1, 0.15) is 5.75 Å². The average Bonchev–Trinajstić information content (AvgIpc) is 2.52. The number of ether oxygens (including phenoxy) is 2. The number of para-hydroxylation sites is 1. The van der Waals surface area contributed by atoms with Gasteiger partial charge in [0.05, 0.1) is 19.8 Å². The van der Waals surface area contributed by atoms with E-state index in [1.54, 1.807) is 37.4 Å². The second kappa shape index (κ2) is 6.49. The van der Waals surface area contributed by atoms with Gasteiger partial charge in [0.25, 0.3) is 0 Å². The van der Waals surface area contributed by atoms with Crippen molar-refractivity contribution in [2.45, 2.75) is 0 Å². The van der Waals surface area contributed by atoms with Gasteiger partial charge in [-0.2, -0.15) is 0 Å².